The van der Waals surface area contributed by atoms with E-state index >= 15 is 0 Å². The standard InChI is InChI=1S/C11H15FN2O4S/c1-3-7-14(8-10(15)18-2)19(16,17)11-9(12)5-4-6-13-11/h4-6H,3,7-8H2,1-2H3. The van der Waals surface area contributed by atoms with E-state index in [0.29, 0.717) is 6.42 Å². The van der Waals surface area contributed by atoms with E-state index in [4.69, 9.17) is 0 Å². The largest absolute Gasteiger partial charge is 0.468 e. The van der Waals surface area contributed by atoms with Crippen molar-refractivity contribution in [3.8, 4) is 0 Å². The number of hydrogen-bond donors (Lipinski definition) is 0. The predicted octanol–water partition coefficient (Wildman–Crippen LogP) is 0.794. The Hall–Kier alpha value is -1.54. The molecule has 0 saturated heterocycles. The van der Waals surface area contributed by atoms with Gasteiger partial charge >= 0.3 is 5.97 Å². The van der Waals surface area contributed by atoms with Crippen molar-refractivity contribution in [2.45, 2.75) is 18.4 Å². The SMILES string of the molecule is CCCN(CC(=O)OC)S(=O)(=O)c1ncccc1F. The van der Waals surface area contributed by atoms with Crippen LogP contribution < -0.4 is 0 Å². The van der Waals surface area contributed by atoms with Crippen molar-refractivity contribution in [2.24, 2.45) is 0 Å². The molecule has 0 aromatic carbocycles. The van der Waals surface area contributed by atoms with Crippen LogP contribution in [0.2, 0.25) is 0 Å². The summed E-state index contributed by atoms with van der Waals surface area (Å²) in [5.41, 5.74) is 0. The Kier molecular flexibility index (Phi) is 5.37. The molecule has 6 nitrogen and oxygen atoms in total. The number of esters is 1. The summed E-state index contributed by atoms with van der Waals surface area (Å²) in [5, 5.41) is -0.688. The molecule has 0 aliphatic heterocycles. The molecular formula is C11H15FN2O4S. The lowest BCUT2D eigenvalue weighted by atomic mass is 10.5. The van der Waals surface area contributed by atoms with Gasteiger partial charge in [-0.3, -0.25) is 4.79 Å². The van der Waals surface area contributed by atoms with Gasteiger partial charge in [0.25, 0.3) is 10.0 Å². The van der Waals surface area contributed by atoms with E-state index in [0.717, 1.165) is 17.5 Å². The average Bonchev–Trinajstić information content (AvgIpc) is 2.38. The predicted molar refractivity (Wildman–Crippen MR) is 65.3 cm³/mol. The van der Waals surface area contributed by atoms with Gasteiger partial charge in [-0.2, -0.15) is 4.31 Å². The normalized spacial score (nSPS) is 11.6. The van der Waals surface area contributed by atoms with E-state index in [9.17, 15) is 17.6 Å². The van der Waals surface area contributed by atoms with Crippen LogP contribution in [0.5, 0.6) is 0 Å². The maximum Gasteiger partial charge on any atom is 0.321 e. The number of sulfonamides is 1. The van der Waals surface area contributed by atoms with Gasteiger partial charge < -0.3 is 4.74 Å². The lowest BCUT2D eigenvalue weighted by Gasteiger charge is -2.19. The molecule has 8 heteroatoms. The van der Waals surface area contributed by atoms with E-state index in [1.165, 1.54) is 12.3 Å². The molecule has 0 aliphatic rings. The van der Waals surface area contributed by atoms with Crippen LogP contribution in [-0.4, -0.2) is 43.9 Å². The van der Waals surface area contributed by atoms with Gasteiger partial charge in [-0.05, 0) is 18.6 Å². The average molecular weight is 290 g/mol. The summed E-state index contributed by atoms with van der Waals surface area (Å²) < 4.78 is 43.2. The van der Waals surface area contributed by atoms with Gasteiger partial charge in [0.1, 0.15) is 6.54 Å². The second kappa shape index (κ2) is 6.58. The first kappa shape index (κ1) is 15.5. The maximum atomic E-state index is 13.5. The summed E-state index contributed by atoms with van der Waals surface area (Å²) in [4.78, 5) is 14.7. The molecule has 0 atom stereocenters. The van der Waals surface area contributed by atoms with Crippen molar-refractivity contribution < 1.29 is 22.3 Å². The van der Waals surface area contributed by atoms with Crippen LogP contribution >= 0.6 is 0 Å². The van der Waals surface area contributed by atoms with E-state index in [1.807, 2.05) is 0 Å². The maximum absolute atomic E-state index is 13.5. The number of aromatic nitrogens is 1. The minimum absolute atomic E-state index is 0.0768. The molecule has 0 radical (unpaired) electrons. The van der Waals surface area contributed by atoms with Gasteiger partial charge in [0, 0.05) is 12.7 Å². The fraction of sp³-hybridized carbons (Fsp3) is 0.455. The van der Waals surface area contributed by atoms with Crippen molar-refractivity contribution in [3.05, 3.63) is 24.1 Å². The Morgan fingerprint density at radius 2 is 2.21 bits per heavy atom. The molecule has 106 valence electrons. The third-order valence-corrected chi connectivity index (χ3v) is 4.10. The van der Waals surface area contributed by atoms with Gasteiger partial charge in [-0.25, -0.2) is 17.8 Å². The highest BCUT2D eigenvalue weighted by atomic mass is 32.2. The molecule has 0 bridgehead atoms. The molecule has 0 aliphatic carbocycles. The Balaban J connectivity index is 3.13. The van der Waals surface area contributed by atoms with E-state index in [2.05, 4.69) is 9.72 Å². The lowest BCUT2D eigenvalue weighted by Crippen LogP contribution is -2.37. The number of rotatable bonds is 6. The van der Waals surface area contributed by atoms with Gasteiger partial charge in [0.2, 0.25) is 5.03 Å². The zero-order chi connectivity index (χ0) is 14.5. The summed E-state index contributed by atoms with van der Waals surface area (Å²) in [6, 6.07) is 2.29. The molecule has 0 amide bonds. The summed E-state index contributed by atoms with van der Waals surface area (Å²) in [7, 11) is -3.00. The molecule has 0 spiro atoms. The number of ether oxygens (including phenoxy) is 1. The highest BCUT2D eigenvalue weighted by molar-refractivity contribution is 7.89. The van der Waals surface area contributed by atoms with Crippen LogP contribution in [0.3, 0.4) is 0 Å². The van der Waals surface area contributed by atoms with Gasteiger partial charge in [0.05, 0.1) is 7.11 Å². The molecule has 1 heterocycles. The number of pyridine rings is 1. The summed E-state index contributed by atoms with van der Waals surface area (Å²) in [5.74, 6) is -1.66. The molecule has 1 aromatic rings. The van der Waals surface area contributed by atoms with Gasteiger partial charge in [0.15, 0.2) is 5.82 Å². The summed E-state index contributed by atoms with van der Waals surface area (Å²) >= 11 is 0. The van der Waals surface area contributed by atoms with E-state index in [1.54, 1.807) is 6.92 Å². The number of nitrogens with zero attached hydrogens (tertiary/aromatic N) is 2. The Morgan fingerprint density at radius 3 is 2.74 bits per heavy atom. The lowest BCUT2D eigenvalue weighted by molar-refractivity contribution is -0.140. The minimum Gasteiger partial charge on any atom is -0.468 e. The zero-order valence-corrected chi connectivity index (χ0v) is 11.5. The van der Waals surface area contributed by atoms with Crippen molar-refractivity contribution in [3.63, 3.8) is 0 Å². The highest BCUT2D eigenvalue weighted by Crippen LogP contribution is 2.16. The smallest absolute Gasteiger partial charge is 0.321 e. The number of carbonyl (C=O) groups is 1. The Labute approximate surface area is 111 Å². The number of carbonyl (C=O) groups excluding carboxylic acids is 1. The Morgan fingerprint density at radius 1 is 1.53 bits per heavy atom. The van der Waals surface area contributed by atoms with Crippen molar-refractivity contribution in [2.75, 3.05) is 20.2 Å². The molecule has 1 aromatic heterocycles. The van der Waals surface area contributed by atoms with Crippen LogP contribution in [0.4, 0.5) is 4.39 Å². The van der Waals surface area contributed by atoms with Crippen molar-refractivity contribution in [1.29, 1.82) is 0 Å². The van der Waals surface area contributed by atoms with Gasteiger partial charge in [-0.15, -0.1) is 0 Å². The number of halogens is 1. The topological polar surface area (TPSA) is 76.6 Å². The second-order valence-corrected chi connectivity index (χ2v) is 5.56. The van der Waals surface area contributed by atoms with Crippen molar-refractivity contribution in [1.82, 2.24) is 9.29 Å². The molecule has 0 N–H and O–H groups in total. The molecule has 19 heavy (non-hydrogen) atoms. The monoisotopic (exact) mass is 290 g/mol. The second-order valence-electron chi connectivity index (χ2n) is 3.71. The third-order valence-electron chi connectivity index (χ3n) is 2.32. The molecule has 1 rings (SSSR count). The van der Waals surface area contributed by atoms with Crippen LogP contribution in [0.25, 0.3) is 0 Å². The first-order valence-electron chi connectivity index (χ1n) is 5.61. The highest BCUT2D eigenvalue weighted by Gasteiger charge is 2.30. The van der Waals surface area contributed by atoms with Crippen molar-refractivity contribution >= 4 is 16.0 Å². The number of methoxy groups -OCH3 is 1. The first-order valence-corrected chi connectivity index (χ1v) is 7.05. The fourth-order valence-corrected chi connectivity index (χ4v) is 2.88. The molecular weight excluding hydrogens is 275 g/mol. The molecule has 0 unspecified atom stereocenters. The molecule has 0 saturated carbocycles. The minimum atomic E-state index is -4.15. The summed E-state index contributed by atoms with van der Waals surface area (Å²) in [6.07, 6.45) is 1.66. The zero-order valence-electron chi connectivity index (χ0n) is 10.7. The van der Waals surface area contributed by atoms with Crippen LogP contribution in [0, 0.1) is 5.82 Å². The quantitative estimate of drug-likeness (QED) is 0.724. The van der Waals surface area contributed by atoms with E-state index < -0.39 is 33.4 Å². The summed E-state index contributed by atoms with van der Waals surface area (Å²) in [6.45, 7) is 1.35. The van der Waals surface area contributed by atoms with Crippen LogP contribution in [-0.2, 0) is 19.6 Å². The van der Waals surface area contributed by atoms with E-state index in [-0.39, 0.29) is 6.54 Å². The fourth-order valence-electron chi connectivity index (χ4n) is 1.43. The van der Waals surface area contributed by atoms with Crippen LogP contribution in [0.1, 0.15) is 13.3 Å². The molecule has 0 fully saturated rings. The Bertz CT molecular complexity index is 547. The first-order chi connectivity index (χ1) is 8.93. The van der Waals surface area contributed by atoms with Gasteiger partial charge in [-0.1, -0.05) is 6.92 Å². The third kappa shape index (κ3) is 3.71. The van der Waals surface area contributed by atoms with Crippen LogP contribution in [0.15, 0.2) is 23.4 Å². The number of hydrogen-bond acceptors (Lipinski definition) is 5.